The second-order valence-corrected chi connectivity index (χ2v) is 4.98. The quantitative estimate of drug-likeness (QED) is 0.889. The topological polar surface area (TPSA) is 29.1 Å². The van der Waals surface area contributed by atoms with Crippen molar-refractivity contribution < 1.29 is 13.6 Å². The van der Waals surface area contributed by atoms with Crippen molar-refractivity contribution in [2.75, 3.05) is 6.54 Å². The molecule has 2 rings (SSSR count). The van der Waals surface area contributed by atoms with E-state index in [1.54, 1.807) is 0 Å². The summed E-state index contributed by atoms with van der Waals surface area (Å²) in [4.78, 5) is 11.8. The maximum absolute atomic E-state index is 13.4. The lowest BCUT2D eigenvalue weighted by Gasteiger charge is -2.12. The summed E-state index contributed by atoms with van der Waals surface area (Å²) in [5.74, 6) is -1.65. The Morgan fingerprint density at radius 2 is 1.86 bits per heavy atom. The van der Waals surface area contributed by atoms with Gasteiger partial charge in [-0.1, -0.05) is 37.3 Å². The highest BCUT2D eigenvalue weighted by Crippen LogP contribution is 2.17. The Labute approximate surface area is 122 Å². The Morgan fingerprint density at radius 1 is 1.14 bits per heavy atom. The number of hydrogen-bond acceptors (Lipinski definition) is 1. The zero-order chi connectivity index (χ0) is 15.2. The van der Waals surface area contributed by atoms with Gasteiger partial charge in [0.25, 0.3) is 5.91 Å². The molecule has 1 unspecified atom stereocenters. The zero-order valence-electron chi connectivity index (χ0n) is 11.8. The highest BCUT2D eigenvalue weighted by atomic mass is 19.1. The fraction of sp³-hybridized carbons (Fsp3) is 0.235. The van der Waals surface area contributed by atoms with Crippen LogP contribution in [0, 0.1) is 11.6 Å². The van der Waals surface area contributed by atoms with Gasteiger partial charge in [0, 0.05) is 6.54 Å². The molecule has 1 atom stereocenters. The van der Waals surface area contributed by atoms with Gasteiger partial charge in [0.2, 0.25) is 0 Å². The summed E-state index contributed by atoms with van der Waals surface area (Å²) in [6.45, 7) is 2.47. The van der Waals surface area contributed by atoms with E-state index in [0.717, 1.165) is 24.6 Å². The summed E-state index contributed by atoms with van der Waals surface area (Å²) >= 11 is 0. The smallest absolute Gasteiger partial charge is 0.254 e. The number of benzene rings is 2. The number of amides is 1. The third-order valence-corrected chi connectivity index (χ3v) is 3.40. The molecule has 0 saturated heterocycles. The summed E-state index contributed by atoms with van der Waals surface area (Å²) in [6, 6.07) is 12.8. The van der Waals surface area contributed by atoms with Crippen LogP contribution in [-0.2, 0) is 0 Å². The minimum absolute atomic E-state index is 0.262. The van der Waals surface area contributed by atoms with Gasteiger partial charge >= 0.3 is 0 Å². The molecule has 2 aromatic rings. The number of carbonyl (C=O) groups excluding carboxylic acids is 1. The Bertz CT molecular complexity index is 613. The van der Waals surface area contributed by atoms with Crippen LogP contribution >= 0.6 is 0 Å². The number of rotatable bonds is 5. The molecule has 110 valence electrons. The van der Waals surface area contributed by atoms with E-state index in [0.29, 0.717) is 6.54 Å². The minimum atomic E-state index is -0.718. The molecule has 2 nitrogen and oxygen atoms in total. The predicted molar refractivity (Wildman–Crippen MR) is 78.2 cm³/mol. The molecular formula is C17H17F2NO. The monoisotopic (exact) mass is 289 g/mol. The predicted octanol–water partition coefficient (Wildman–Crippen LogP) is 3.89. The molecule has 1 amide bonds. The van der Waals surface area contributed by atoms with Crippen molar-refractivity contribution in [2.45, 2.75) is 19.3 Å². The van der Waals surface area contributed by atoms with E-state index in [2.05, 4.69) is 12.2 Å². The highest BCUT2D eigenvalue weighted by Gasteiger charge is 2.13. The molecule has 0 spiro atoms. The van der Waals surface area contributed by atoms with E-state index in [-0.39, 0.29) is 11.5 Å². The number of hydrogen-bond donors (Lipinski definition) is 1. The molecule has 0 bridgehead atoms. The molecule has 2 aromatic carbocycles. The van der Waals surface area contributed by atoms with Crippen molar-refractivity contribution >= 4 is 5.91 Å². The van der Waals surface area contributed by atoms with E-state index < -0.39 is 17.5 Å². The Balaban J connectivity index is 1.88. The average molecular weight is 289 g/mol. The molecule has 0 fully saturated rings. The lowest BCUT2D eigenvalue weighted by molar-refractivity contribution is 0.0948. The van der Waals surface area contributed by atoms with E-state index >= 15 is 0 Å². The third-order valence-electron chi connectivity index (χ3n) is 3.40. The maximum atomic E-state index is 13.4. The van der Waals surface area contributed by atoms with E-state index in [1.807, 2.05) is 30.3 Å². The first-order chi connectivity index (χ1) is 10.1. The van der Waals surface area contributed by atoms with Crippen LogP contribution in [0.2, 0.25) is 0 Å². The van der Waals surface area contributed by atoms with Gasteiger partial charge in [0.15, 0.2) is 0 Å². The number of nitrogens with one attached hydrogen (secondary N) is 1. The number of carbonyl (C=O) groups is 1. The molecule has 1 N–H and O–H groups in total. The first kappa shape index (κ1) is 15.2. The van der Waals surface area contributed by atoms with Gasteiger partial charge < -0.3 is 5.32 Å². The van der Waals surface area contributed by atoms with E-state index in [1.165, 1.54) is 5.56 Å². The van der Waals surface area contributed by atoms with Crippen LogP contribution < -0.4 is 5.32 Å². The Morgan fingerprint density at radius 3 is 2.57 bits per heavy atom. The summed E-state index contributed by atoms with van der Waals surface area (Å²) in [5, 5.41) is 2.62. The molecule has 0 radical (unpaired) electrons. The molecule has 0 aliphatic carbocycles. The van der Waals surface area contributed by atoms with Gasteiger partial charge in [-0.15, -0.1) is 0 Å². The van der Waals surface area contributed by atoms with Crippen LogP contribution in [-0.4, -0.2) is 12.5 Å². The largest absolute Gasteiger partial charge is 0.352 e. The standard InChI is InChI=1S/C17H17F2NO/c1-12(13-5-3-2-4-6-13)9-10-20-17(21)15-11-14(18)7-8-16(15)19/h2-8,11-12H,9-10H2,1H3,(H,20,21). The summed E-state index contributed by atoms with van der Waals surface area (Å²) < 4.78 is 26.5. The zero-order valence-corrected chi connectivity index (χ0v) is 11.8. The molecule has 0 aromatic heterocycles. The van der Waals surface area contributed by atoms with Gasteiger partial charge in [-0.05, 0) is 36.1 Å². The third kappa shape index (κ3) is 4.12. The van der Waals surface area contributed by atoms with Crippen molar-refractivity contribution in [3.63, 3.8) is 0 Å². The van der Waals surface area contributed by atoms with Crippen molar-refractivity contribution in [3.8, 4) is 0 Å². The van der Waals surface area contributed by atoms with E-state index in [9.17, 15) is 13.6 Å². The van der Waals surface area contributed by atoms with Gasteiger partial charge in [-0.25, -0.2) is 8.78 Å². The van der Waals surface area contributed by atoms with Gasteiger partial charge in [0.1, 0.15) is 11.6 Å². The van der Waals surface area contributed by atoms with Crippen molar-refractivity contribution in [3.05, 3.63) is 71.3 Å². The Hall–Kier alpha value is -2.23. The fourth-order valence-electron chi connectivity index (χ4n) is 2.12. The minimum Gasteiger partial charge on any atom is -0.352 e. The lowest BCUT2D eigenvalue weighted by atomic mass is 9.98. The van der Waals surface area contributed by atoms with Crippen LogP contribution in [0.1, 0.15) is 35.2 Å². The second kappa shape index (κ2) is 6.97. The first-order valence-electron chi connectivity index (χ1n) is 6.86. The Kier molecular flexibility index (Phi) is 5.04. The molecule has 21 heavy (non-hydrogen) atoms. The lowest BCUT2D eigenvalue weighted by Crippen LogP contribution is -2.26. The first-order valence-corrected chi connectivity index (χ1v) is 6.86. The SMILES string of the molecule is CC(CCNC(=O)c1cc(F)ccc1F)c1ccccc1. The average Bonchev–Trinajstić information content (AvgIpc) is 2.50. The summed E-state index contributed by atoms with van der Waals surface area (Å²) in [6.07, 6.45) is 0.729. The van der Waals surface area contributed by atoms with Crippen molar-refractivity contribution in [1.82, 2.24) is 5.32 Å². The van der Waals surface area contributed by atoms with Crippen molar-refractivity contribution in [2.24, 2.45) is 0 Å². The molecular weight excluding hydrogens is 272 g/mol. The van der Waals surface area contributed by atoms with Gasteiger partial charge in [0.05, 0.1) is 5.56 Å². The second-order valence-electron chi connectivity index (χ2n) is 4.98. The molecule has 0 heterocycles. The molecule has 0 aliphatic heterocycles. The highest BCUT2D eigenvalue weighted by molar-refractivity contribution is 5.94. The van der Waals surface area contributed by atoms with Crippen LogP contribution in [0.5, 0.6) is 0 Å². The van der Waals surface area contributed by atoms with Crippen LogP contribution in [0.15, 0.2) is 48.5 Å². The summed E-state index contributed by atoms with van der Waals surface area (Å²) in [5.41, 5.74) is 0.922. The van der Waals surface area contributed by atoms with E-state index in [4.69, 9.17) is 0 Å². The maximum Gasteiger partial charge on any atom is 0.254 e. The molecule has 0 aliphatic rings. The van der Waals surface area contributed by atoms with Crippen LogP contribution in [0.25, 0.3) is 0 Å². The molecule has 4 heteroatoms. The molecule has 0 saturated carbocycles. The fourth-order valence-corrected chi connectivity index (χ4v) is 2.12. The van der Waals surface area contributed by atoms with Gasteiger partial charge in [-0.2, -0.15) is 0 Å². The summed E-state index contributed by atoms with van der Waals surface area (Å²) in [7, 11) is 0. The van der Waals surface area contributed by atoms with Crippen LogP contribution in [0.3, 0.4) is 0 Å². The van der Waals surface area contributed by atoms with Crippen LogP contribution in [0.4, 0.5) is 8.78 Å². The normalized spacial score (nSPS) is 12.0. The van der Waals surface area contributed by atoms with Crippen molar-refractivity contribution in [1.29, 1.82) is 0 Å². The number of halogens is 2. The van der Waals surface area contributed by atoms with Gasteiger partial charge in [-0.3, -0.25) is 4.79 Å².